The zero-order valence-corrected chi connectivity index (χ0v) is 10.1. The summed E-state index contributed by atoms with van der Waals surface area (Å²) < 4.78 is 32.2. The molecule has 1 N–H and O–H groups in total. The lowest BCUT2D eigenvalue weighted by molar-refractivity contribution is 0.152. The van der Waals surface area contributed by atoms with Gasteiger partial charge in [-0.3, -0.25) is 4.55 Å². The number of aryl methyl sites for hydroxylation is 1. The molecule has 1 aliphatic rings. The first-order chi connectivity index (χ1) is 7.98. The van der Waals surface area contributed by atoms with E-state index >= 15 is 0 Å². The molecule has 0 aliphatic carbocycles. The van der Waals surface area contributed by atoms with E-state index in [1.54, 1.807) is 24.3 Å². The fourth-order valence-electron chi connectivity index (χ4n) is 1.86. The van der Waals surface area contributed by atoms with Crippen LogP contribution in [0, 0.1) is 12.8 Å². The Hall–Kier alpha value is -1.40. The Kier molecular flexibility index (Phi) is 3.17. The van der Waals surface area contributed by atoms with Crippen molar-refractivity contribution in [3.8, 4) is 0 Å². The Morgan fingerprint density at radius 3 is 2.53 bits per heavy atom. The van der Waals surface area contributed by atoms with E-state index in [0.29, 0.717) is 5.56 Å². The summed E-state index contributed by atoms with van der Waals surface area (Å²) in [6.45, 7) is 2.07. The van der Waals surface area contributed by atoms with E-state index in [4.69, 9.17) is 4.84 Å². The van der Waals surface area contributed by atoms with E-state index in [1.807, 2.05) is 6.92 Å². The molecule has 1 heterocycles. The predicted molar refractivity (Wildman–Crippen MR) is 63.4 cm³/mol. The van der Waals surface area contributed by atoms with Crippen molar-refractivity contribution in [1.29, 1.82) is 0 Å². The molecule has 17 heavy (non-hydrogen) atoms. The molecular formula is C11H13NO4S. The van der Waals surface area contributed by atoms with E-state index in [1.165, 1.54) is 6.21 Å². The Morgan fingerprint density at radius 1 is 1.41 bits per heavy atom. The van der Waals surface area contributed by atoms with Crippen LogP contribution in [-0.4, -0.2) is 25.8 Å². The third kappa shape index (κ3) is 2.65. The zero-order valence-electron chi connectivity index (χ0n) is 9.28. The van der Waals surface area contributed by atoms with Crippen LogP contribution in [0.15, 0.2) is 29.4 Å². The van der Waals surface area contributed by atoms with Crippen LogP contribution in [0.5, 0.6) is 0 Å². The predicted octanol–water partition coefficient (Wildman–Crippen LogP) is 1.56. The van der Waals surface area contributed by atoms with Crippen LogP contribution in [0.3, 0.4) is 0 Å². The quantitative estimate of drug-likeness (QED) is 0.831. The number of rotatable bonds is 3. The topological polar surface area (TPSA) is 76.0 Å². The molecule has 0 saturated carbocycles. The zero-order chi connectivity index (χ0) is 12.5. The van der Waals surface area contributed by atoms with Crippen molar-refractivity contribution in [3.05, 3.63) is 35.4 Å². The lowest BCUT2D eigenvalue weighted by atomic mass is 10.00. The summed E-state index contributed by atoms with van der Waals surface area (Å²) in [4.78, 5) is 4.77. The fraction of sp³-hybridized carbons (Fsp3) is 0.364. The third-order valence-corrected chi connectivity index (χ3v) is 3.97. The van der Waals surface area contributed by atoms with Crippen LogP contribution in [-0.2, 0) is 15.0 Å². The van der Waals surface area contributed by atoms with E-state index in [-0.39, 0.29) is 6.61 Å². The minimum absolute atomic E-state index is 0.165. The van der Waals surface area contributed by atoms with Crippen LogP contribution in [0.4, 0.5) is 0 Å². The van der Waals surface area contributed by atoms with Gasteiger partial charge >= 0.3 is 0 Å². The largest absolute Gasteiger partial charge is 0.395 e. The van der Waals surface area contributed by atoms with E-state index < -0.39 is 21.3 Å². The lowest BCUT2D eigenvalue weighted by Gasteiger charge is -2.17. The SMILES string of the molecule is Cc1ccc([C@H]([C@H]2C=NOC2)S(=O)(=O)O)cc1. The monoisotopic (exact) mass is 255 g/mol. The van der Waals surface area contributed by atoms with Gasteiger partial charge in [-0.2, -0.15) is 8.42 Å². The van der Waals surface area contributed by atoms with E-state index in [2.05, 4.69) is 5.16 Å². The van der Waals surface area contributed by atoms with Crippen molar-refractivity contribution < 1.29 is 17.8 Å². The van der Waals surface area contributed by atoms with Crippen molar-refractivity contribution >= 4 is 16.3 Å². The first kappa shape index (κ1) is 12.1. The van der Waals surface area contributed by atoms with Crippen LogP contribution in [0.1, 0.15) is 16.4 Å². The summed E-state index contributed by atoms with van der Waals surface area (Å²) in [5.74, 6) is -0.451. The number of benzene rings is 1. The summed E-state index contributed by atoms with van der Waals surface area (Å²) in [5, 5.41) is 2.52. The number of oxime groups is 1. The second-order valence-electron chi connectivity index (χ2n) is 4.06. The van der Waals surface area contributed by atoms with E-state index in [9.17, 15) is 13.0 Å². The molecule has 0 radical (unpaired) electrons. The first-order valence-electron chi connectivity index (χ1n) is 5.17. The number of hydrogen-bond donors (Lipinski definition) is 1. The average molecular weight is 255 g/mol. The van der Waals surface area contributed by atoms with Gasteiger partial charge in [-0.1, -0.05) is 35.0 Å². The standard InChI is InChI=1S/C11H13NO4S/c1-8-2-4-9(5-3-8)11(17(13,14)15)10-6-12-16-7-10/h2-6,10-11H,7H2,1H3,(H,13,14,15)/t10-,11+/m0/s1. The summed E-state index contributed by atoms with van der Waals surface area (Å²) in [6.07, 6.45) is 1.41. The van der Waals surface area contributed by atoms with Gasteiger partial charge in [0.2, 0.25) is 0 Å². The molecule has 0 fully saturated rings. The Labute approximate surface area is 99.8 Å². The molecule has 1 aromatic carbocycles. The third-order valence-electron chi connectivity index (χ3n) is 2.71. The van der Waals surface area contributed by atoms with Crippen molar-refractivity contribution in [2.24, 2.45) is 11.1 Å². The second kappa shape index (κ2) is 4.46. The summed E-state index contributed by atoms with van der Waals surface area (Å²) >= 11 is 0. The number of hydrogen-bond acceptors (Lipinski definition) is 4. The first-order valence-corrected chi connectivity index (χ1v) is 6.67. The molecule has 0 bridgehead atoms. The summed E-state index contributed by atoms with van der Waals surface area (Å²) in [5.41, 5.74) is 1.57. The molecule has 6 heteroatoms. The maximum atomic E-state index is 11.4. The van der Waals surface area contributed by atoms with Crippen LogP contribution in [0.2, 0.25) is 0 Å². The summed E-state index contributed by atoms with van der Waals surface area (Å²) in [7, 11) is -4.19. The molecule has 0 aromatic heterocycles. The second-order valence-corrected chi connectivity index (χ2v) is 5.60. The molecular weight excluding hydrogens is 242 g/mol. The molecule has 0 unspecified atom stereocenters. The Morgan fingerprint density at radius 2 is 2.06 bits per heavy atom. The van der Waals surface area contributed by atoms with Crippen molar-refractivity contribution in [2.75, 3.05) is 6.61 Å². The van der Waals surface area contributed by atoms with Gasteiger partial charge in [0.25, 0.3) is 10.1 Å². The molecule has 0 amide bonds. The van der Waals surface area contributed by atoms with Crippen molar-refractivity contribution in [1.82, 2.24) is 0 Å². The highest BCUT2D eigenvalue weighted by atomic mass is 32.2. The molecule has 2 atom stereocenters. The van der Waals surface area contributed by atoms with Gasteiger partial charge in [-0.25, -0.2) is 0 Å². The maximum absolute atomic E-state index is 11.4. The molecule has 2 rings (SSSR count). The number of nitrogens with zero attached hydrogens (tertiary/aromatic N) is 1. The minimum Gasteiger partial charge on any atom is -0.395 e. The lowest BCUT2D eigenvalue weighted by Crippen LogP contribution is -2.23. The van der Waals surface area contributed by atoms with Gasteiger partial charge < -0.3 is 4.84 Å². The van der Waals surface area contributed by atoms with E-state index in [0.717, 1.165) is 5.56 Å². The molecule has 5 nitrogen and oxygen atoms in total. The van der Waals surface area contributed by atoms with Crippen LogP contribution < -0.4 is 0 Å². The smallest absolute Gasteiger partial charge is 0.272 e. The normalized spacial score (nSPS) is 21.2. The Balaban J connectivity index is 2.40. The van der Waals surface area contributed by atoms with Gasteiger partial charge in [-0.05, 0) is 12.5 Å². The van der Waals surface area contributed by atoms with Gasteiger partial charge in [0.15, 0.2) is 0 Å². The molecule has 92 valence electrons. The van der Waals surface area contributed by atoms with Gasteiger partial charge in [-0.15, -0.1) is 0 Å². The average Bonchev–Trinajstić information content (AvgIpc) is 2.72. The van der Waals surface area contributed by atoms with Crippen LogP contribution >= 0.6 is 0 Å². The maximum Gasteiger partial charge on any atom is 0.272 e. The van der Waals surface area contributed by atoms with Gasteiger partial charge in [0.1, 0.15) is 11.9 Å². The minimum atomic E-state index is -4.19. The molecule has 1 aliphatic heterocycles. The molecule has 0 saturated heterocycles. The highest BCUT2D eigenvalue weighted by Gasteiger charge is 2.35. The van der Waals surface area contributed by atoms with Gasteiger partial charge in [0, 0.05) is 0 Å². The van der Waals surface area contributed by atoms with Gasteiger partial charge in [0.05, 0.1) is 12.1 Å². The highest BCUT2D eigenvalue weighted by Crippen LogP contribution is 2.31. The Bertz CT molecular complexity index is 521. The highest BCUT2D eigenvalue weighted by molar-refractivity contribution is 7.86. The summed E-state index contributed by atoms with van der Waals surface area (Å²) in [6, 6.07) is 7.00. The fourth-order valence-corrected chi connectivity index (χ4v) is 2.95. The molecule has 0 spiro atoms. The van der Waals surface area contributed by atoms with Crippen LogP contribution in [0.25, 0.3) is 0 Å². The van der Waals surface area contributed by atoms with Crippen molar-refractivity contribution in [3.63, 3.8) is 0 Å². The van der Waals surface area contributed by atoms with Crippen molar-refractivity contribution in [2.45, 2.75) is 12.2 Å². The molecule has 1 aromatic rings.